The molecule has 0 spiro atoms. The van der Waals surface area contributed by atoms with Crippen molar-refractivity contribution in [1.29, 1.82) is 0 Å². The summed E-state index contributed by atoms with van der Waals surface area (Å²) < 4.78 is 0. The maximum Gasteiger partial charge on any atom is 0.0802 e. The van der Waals surface area contributed by atoms with Gasteiger partial charge >= 0.3 is 0 Å². The molecule has 21 heavy (non-hydrogen) atoms. The fraction of sp³-hybridized carbons (Fsp3) is 0.700. The van der Waals surface area contributed by atoms with Crippen LogP contribution in [0, 0.1) is 11.8 Å². The van der Waals surface area contributed by atoms with Gasteiger partial charge in [-0.05, 0) is 71.1 Å². The van der Waals surface area contributed by atoms with E-state index in [0.717, 1.165) is 32.1 Å². The van der Waals surface area contributed by atoms with Crippen molar-refractivity contribution < 1.29 is 5.11 Å². The normalized spacial score (nSPS) is 36.2. The highest BCUT2D eigenvalue weighted by atomic mass is 16.3. The minimum absolute atomic E-state index is 0.556. The molecule has 0 amide bonds. The average molecular weight is 290 g/mol. The van der Waals surface area contributed by atoms with Gasteiger partial charge in [0.1, 0.15) is 0 Å². The van der Waals surface area contributed by atoms with Gasteiger partial charge in [0.15, 0.2) is 0 Å². The molecule has 0 aliphatic heterocycles. The van der Waals surface area contributed by atoms with E-state index in [1.807, 2.05) is 13.0 Å². The second-order valence-corrected chi connectivity index (χ2v) is 7.34. The Balaban J connectivity index is 2.87. The van der Waals surface area contributed by atoms with Gasteiger partial charge in [0, 0.05) is 0 Å². The van der Waals surface area contributed by atoms with E-state index in [4.69, 9.17) is 0 Å². The van der Waals surface area contributed by atoms with Crippen LogP contribution >= 0.6 is 0 Å². The molecule has 2 atom stereocenters. The zero-order valence-electron chi connectivity index (χ0n) is 14.7. The van der Waals surface area contributed by atoms with Gasteiger partial charge in [0.2, 0.25) is 0 Å². The molecular weight excluding hydrogens is 256 g/mol. The molecule has 0 fully saturated rings. The fourth-order valence-corrected chi connectivity index (χ4v) is 2.82. The Morgan fingerprint density at radius 2 is 1.71 bits per heavy atom. The summed E-state index contributed by atoms with van der Waals surface area (Å²) in [5.41, 5.74) is 2.26. The molecule has 120 valence electrons. The SMILES string of the molecule is C/C1=C\CC[C@](C)(O)/C=C\C(C(C)C)CC/C(C)=C/CC1. The number of hydrogen-bond donors (Lipinski definition) is 1. The first kappa shape index (κ1) is 18.2. The minimum Gasteiger partial charge on any atom is -0.386 e. The molecule has 0 aromatic heterocycles. The Morgan fingerprint density at radius 1 is 1.10 bits per heavy atom. The van der Waals surface area contributed by atoms with Crippen LogP contribution in [0.3, 0.4) is 0 Å². The highest BCUT2D eigenvalue weighted by molar-refractivity contribution is 5.08. The molecule has 1 unspecified atom stereocenters. The van der Waals surface area contributed by atoms with Gasteiger partial charge in [-0.2, -0.15) is 0 Å². The lowest BCUT2D eigenvalue weighted by Gasteiger charge is -2.22. The second kappa shape index (κ2) is 8.58. The van der Waals surface area contributed by atoms with Crippen LogP contribution in [0.2, 0.25) is 0 Å². The summed E-state index contributed by atoms with van der Waals surface area (Å²) in [4.78, 5) is 0. The van der Waals surface area contributed by atoms with Crippen molar-refractivity contribution in [2.45, 2.75) is 78.7 Å². The number of aliphatic hydroxyl groups is 1. The van der Waals surface area contributed by atoms with Crippen molar-refractivity contribution in [2.24, 2.45) is 11.8 Å². The molecule has 1 aliphatic rings. The Morgan fingerprint density at radius 3 is 2.38 bits per heavy atom. The Kier molecular flexibility index (Phi) is 7.45. The van der Waals surface area contributed by atoms with Crippen molar-refractivity contribution in [3.05, 3.63) is 35.5 Å². The summed E-state index contributed by atoms with van der Waals surface area (Å²) in [6.07, 6.45) is 15.4. The molecule has 1 heteroatoms. The summed E-state index contributed by atoms with van der Waals surface area (Å²) in [6, 6.07) is 0. The zero-order valence-corrected chi connectivity index (χ0v) is 14.7. The molecule has 0 bridgehead atoms. The lowest BCUT2D eigenvalue weighted by atomic mass is 9.87. The molecule has 1 aliphatic carbocycles. The molecular formula is C20H34O. The monoisotopic (exact) mass is 290 g/mol. The minimum atomic E-state index is -0.682. The van der Waals surface area contributed by atoms with Gasteiger partial charge in [-0.25, -0.2) is 0 Å². The van der Waals surface area contributed by atoms with E-state index >= 15 is 0 Å². The van der Waals surface area contributed by atoms with Crippen LogP contribution in [0.25, 0.3) is 0 Å². The van der Waals surface area contributed by atoms with Gasteiger partial charge in [-0.15, -0.1) is 0 Å². The molecule has 0 heterocycles. The van der Waals surface area contributed by atoms with Gasteiger partial charge in [0.25, 0.3) is 0 Å². The predicted molar refractivity (Wildman–Crippen MR) is 93.3 cm³/mol. The van der Waals surface area contributed by atoms with E-state index in [0.29, 0.717) is 11.8 Å². The molecule has 1 N–H and O–H groups in total. The molecule has 0 aromatic rings. The summed E-state index contributed by atoms with van der Waals surface area (Å²) in [7, 11) is 0. The molecule has 1 nitrogen and oxygen atoms in total. The van der Waals surface area contributed by atoms with E-state index in [1.54, 1.807) is 0 Å². The third-order valence-corrected chi connectivity index (χ3v) is 4.61. The molecule has 0 radical (unpaired) electrons. The summed E-state index contributed by atoms with van der Waals surface area (Å²) in [6.45, 7) is 10.9. The number of rotatable bonds is 1. The maximum absolute atomic E-state index is 10.5. The van der Waals surface area contributed by atoms with Crippen LogP contribution in [0.1, 0.15) is 73.1 Å². The molecule has 0 aromatic carbocycles. The van der Waals surface area contributed by atoms with Crippen LogP contribution in [0.4, 0.5) is 0 Å². The quantitative estimate of drug-likeness (QED) is 0.604. The van der Waals surface area contributed by atoms with Crippen molar-refractivity contribution in [3.8, 4) is 0 Å². The Labute approximate surface area is 131 Å². The number of allylic oxidation sites excluding steroid dienone is 5. The van der Waals surface area contributed by atoms with Gasteiger partial charge < -0.3 is 5.11 Å². The van der Waals surface area contributed by atoms with Crippen LogP contribution in [0.15, 0.2) is 35.5 Å². The third-order valence-electron chi connectivity index (χ3n) is 4.61. The fourth-order valence-electron chi connectivity index (χ4n) is 2.82. The maximum atomic E-state index is 10.5. The van der Waals surface area contributed by atoms with Crippen molar-refractivity contribution in [1.82, 2.24) is 0 Å². The third kappa shape index (κ3) is 7.66. The van der Waals surface area contributed by atoms with Gasteiger partial charge in [0.05, 0.1) is 5.60 Å². The highest BCUT2D eigenvalue weighted by Gasteiger charge is 2.17. The standard InChI is InChI=1S/C20H34O/c1-16(2)19-12-11-18(4)9-6-8-17(3)10-7-14-20(5,21)15-13-19/h9-10,13,15-16,19,21H,6-8,11-12,14H2,1-5H3/b15-13-,17-10+,18-9+/t19?,20-/m0/s1. The molecule has 0 saturated heterocycles. The molecule has 0 saturated carbocycles. The second-order valence-electron chi connectivity index (χ2n) is 7.34. The van der Waals surface area contributed by atoms with E-state index < -0.39 is 5.60 Å². The van der Waals surface area contributed by atoms with E-state index in [2.05, 4.69) is 45.9 Å². The first-order chi connectivity index (χ1) is 9.80. The first-order valence-corrected chi connectivity index (χ1v) is 8.53. The molecule has 1 rings (SSSR count). The zero-order chi connectivity index (χ0) is 15.9. The van der Waals surface area contributed by atoms with E-state index in [9.17, 15) is 5.11 Å². The highest BCUT2D eigenvalue weighted by Crippen LogP contribution is 2.25. The topological polar surface area (TPSA) is 20.2 Å². The summed E-state index contributed by atoms with van der Waals surface area (Å²) >= 11 is 0. The van der Waals surface area contributed by atoms with Crippen LogP contribution < -0.4 is 0 Å². The van der Waals surface area contributed by atoms with E-state index in [-0.39, 0.29) is 0 Å². The van der Waals surface area contributed by atoms with Crippen LogP contribution in [-0.4, -0.2) is 10.7 Å². The summed E-state index contributed by atoms with van der Waals surface area (Å²) in [5, 5.41) is 10.5. The van der Waals surface area contributed by atoms with Crippen LogP contribution in [0.5, 0.6) is 0 Å². The number of hydrogen-bond acceptors (Lipinski definition) is 1. The largest absolute Gasteiger partial charge is 0.386 e. The first-order valence-electron chi connectivity index (χ1n) is 8.53. The predicted octanol–water partition coefficient (Wildman–Crippen LogP) is 5.81. The van der Waals surface area contributed by atoms with Gasteiger partial charge in [-0.3, -0.25) is 0 Å². The average Bonchev–Trinajstić information content (AvgIpc) is 2.37. The van der Waals surface area contributed by atoms with Gasteiger partial charge in [-0.1, -0.05) is 49.3 Å². The van der Waals surface area contributed by atoms with E-state index in [1.165, 1.54) is 17.6 Å². The smallest absolute Gasteiger partial charge is 0.0802 e. The lowest BCUT2D eigenvalue weighted by molar-refractivity contribution is 0.102. The van der Waals surface area contributed by atoms with Crippen molar-refractivity contribution in [3.63, 3.8) is 0 Å². The lowest BCUT2D eigenvalue weighted by Crippen LogP contribution is -2.21. The Hall–Kier alpha value is -0.820. The van der Waals surface area contributed by atoms with Crippen molar-refractivity contribution >= 4 is 0 Å². The summed E-state index contributed by atoms with van der Waals surface area (Å²) in [5.74, 6) is 1.18. The van der Waals surface area contributed by atoms with Crippen LogP contribution in [-0.2, 0) is 0 Å². The Bertz CT molecular complexity index is 396. The van der Waals surface area contributed by atoms with Crippen molar-refractivity contribution in [2.75, 3.05) is 0 Å².